The van der Waals surface area contributed by atoms with E-state index in [0.29, 0.717) is 44.4 Å². The lowest BCUT2D eigenvalue weighted by Crippen LogP contribution is -2.47. The van der Waals surface area contributed by atoms with Crippen LogP contribution in [0.5, 0.6) is 0 Å². The van der Waals surface area contributed by atoms with Gasteiger partial charge in [0.2, 0.25) is 10.0 Å². The number of methoxy groups -OCH3 is 1. The predicted molar refractivity (Wildman–Crippen MR) is 117 cm³/mol. The molecule has 12 heteroatoms. The molecule has 160 valence electrons. The molecule has 0 spiro atoms. The fourth-order valence-corrected chi connectivity index (χ4v) is 4.92. The Labute approximate surface area is 183 Å². The molecule has 0 amide bonds. The van der Waals surface area contributed by atoms with E-state index in [1.165, 1.54) is 4.31 Å². The number of hydrogen-bond acceptors (Lipinski definition) is 6. The van der Waals surface area contributed by atoms with Crippen molar-refractivity contribution in [3.8, 4) is 0 Å². The molecule has 1 saturated heterocycles. The first-order chi connectivity index (χ1) is 13.0. The average Bonchev–Trinajstić information content (AvgIpc) is 3.17. The molecule has 1 unspecified atom stereocenters. The fraction of sp³-hybridized carbons (Fsp3) is 0.812. The second-order valence-electron chi connectivity index (χ2n) is 6.77. The lowest BCUT2D eigenvalue weighted by molar-refractivity contribution is 0.177. The number of halogens is 1. The summed E-state index contributed by atoms with van der Waals surface area (Å²) in [6.45, 7) is 5.36. The van der Waals surface area contributed by atoms with E-state index in [2.05, 4.69) is 25.7 Å². The molecular weight excluding hydrogens is 497 g/mol. The van der Waals surface area contributed by atoms with E-state index in [9.17, 15) is 8.42 Å². The lowest BCUT2D eigenvalue weighted by Gasteiger charge is -2.25. The van der Waals surface area contributed by atoms with E-state index in [0.717, 1.165) is 31.8 Å². The number of ether oxygens (including phenoxy) is 1. The minimum atomic E-state index is -3.07. The fourth-order valence-electron chi connectivity index (χ4n) is 3.40. The topological polar surface area (TPSA) is 114 Å². The number of rotatable bonds is 7. The summed E-state index contributed by atoms with van der Waals surface area (Å²) in [6.07, 6.45) is 2.49. The van der Waals surface area contributed by atoms with Crippen molar-refractivity contribution in [2.75, 3.05) is 39.0 Å². The number of guanidine groups is 1. The number of aromatic nitrogens is 3. The molecule has 1 fully saturated rings. The highest BCUT2D eigenvalue weighted by Gasteiger charge is 2.27. The highest BCUT2D eigenvalue weighted by Crippen LogP contribution is 2.14. The van der Waals surface area contributed by atoms with E-state index in [1.54, 1.807) is 7.11 Å². The Bertz CT molecular complexity index is 768. The van der Waals surface area contributed by atoms with E-state index >= 15 is 0 Å². The average molecular weight is 527 g/mol. The zero-order chi connectivity index (χ0) is 19.3. The molecule has 0 radical (unpaired) electrons. The zero-order valence-corrected chi connectivity index (χ0v) is 19.6. The molecule has 2 aliphatic heterocycles. The van der Waals surface area contributed by atoms with Crippen LogP contribution < -0.4 is 10.6 Å². The van der Waals surface area contributed by atoms with Crippen LogP contribution in [0.2, 0.25) is 0 Å². The number of fused-ring (bicyclic) bond motifs is 1. The SMILES string of the molecule is CCNC(=NCCN1CCCS1(=O)=O)NC1CCc2nc(COC)nn2C1.I. The third-order valence-corrected chi connectivity index (χ3v) is 6.64. The number of aryl methyl sites for hydroxylation is 1. The molecule has 3 rings (SSSR count). The van der Waals surface area contributed by atoms with Crippen LogP contribution in [0.1, 0.15) is 31.4 Å². The Kier molecular flexibility index (Phi) is 8.89. The molecular formula is C16H30IN7O3S. The largest absolute Gasteiger partial charge is 0.377 e. The van der Waals surface area contributed by atoms with Gasteiger partial charge < -0.3 is 15.4 Å². The molecule has 1 atom stereocenters. The summed E-state index contributed by atoms with van der Waals surface area (Å²) >= 11 is 0. The Morgan fingerprint density at radius 3 is 2.93 bits per heavy atom. The molecule has 28 heavy (non-hydrogen) atoms. The summed E-state index contributed by atoms with van der Waals surface area (Å²) in [5, 5.41) is 11.1. The molecule has 0 aromatic carbocycles. The molecule has 0 saturated carbocycles. The Morgan fingerprint density at radius 1 is 1.43 bits per heavy atom. The minimum Gasteiger partial charge on any atom is -0.377 e. The number of nitrogens with zero attached hydrogens (tertiary/aromatic N) is 5. The van der Waals surface area contributed by atoms with Crippen LogP contribution >= 0.6 is 24.0 Å². The maximum Gasteiger partial charge on any atom is 0.214 e. The van der Waals surface area contributed by atoms with Gasteiger partial charge in [-0.1, -0.05) is 0 Å². The van der Waals surface area contributed by atoms with Crippen LogP contribution in [0.25, 0.3) is 0 Å². The lowest BCUT2D eigenvalue weighted by atomic mass is 10.1. The van der Waals surface area contributed by atoms with Crippen LogP contribution in [0.3, 0.4) is 0 Å². The van der Waals surface area contributed by atoms with Crippen LogP contribution in [0.15, 0.2) is 4.99 Å². The number of aliphatic imine (C=N–C) groups is 1. The van der Waals surface area contributed by atoms with Gasteiger partial charge in [-0.2, -0.15) is 5.10 Å². The maximum absolute atomic E-state index is 11.9. The van der Waals surface area contributed by atoms with Crippen molar-refractivity contribution in [3.05, 3.63) is 11.6 Å². The summed E-state index contributed by atoms with van der Waals surface area (Å²) in [4.78, 5) is 9.04. The second kappa shape index (κ2) is 10.7. The van der Waals surface area contributed by atoms with E-state index in [-0.39, 0.29) is 35.8 Å². The van der Waals surface area contributed by atoms with Gasteiger partial charge in [0.15, 0.2) is 11.8 Å². The van der Waals surface area contributed by atoms with Crippen LogP contribution in [-0.2, 0) is 34.3 Å². The summed E-state index contributed by atoms with van der Waals surface area (Å²) in [5.41, 5.74) is 0. The molecule has 0 aliphatic carbocycles. The van der Waals surface area contributed by atoms with Crippen LogP contribution in [0.4, 0.5) is 0 Å². The van der Waals surface area contributed by atoms with Crippen molar-refractivity contribution in [2.45, 2.75) is 45.4 Å². The third kappa shape index (κ3) is 6.00. The predicted octanol–water partition coefficient (Wildman–Crippen LogP) is -0.0521. The number of sulfonamides is 1. The van der Waals surface area contributed by atoms with Gasteiger partial charge in [0, 0.05) is 39.2 Å². The Hall–Kier alpha value is -0.990. The van der Waals surface area contributed by atoms with Crippen LogP contribution in [0, 0.1) is 0 Å². The highest BCUT2D eigenvalue weighted by atomic mass is 127. The first kappa shape index (κ1) is 23.3. The van der Waals surface area contributed by atoms with Crippen molar-refractivity contribution in [1.29, 1.82) is 0 Å². The molecule has 1 aromatic heterocycles. The van der Waals surface area contributed by atoms with Crippen LogP contribution in [-0.4, -0.2) is 78.5 Å². The van der Waals surface area contributed by atoms with Gasteiger partial charge in [0.05, 0.1) is 18.8 Å². The van der Waals surface area contributed by atoms with Crippen molar-refractivity contribution in [3.63, 3.8) is 0 Å². The van der Waals surface area contributed by atoms with Gasteiger partial charge in [-0.25, -0.2) is 22.4 Å². The highest BCUT2D eigenvalue weighted by molar-refractivity contribution is 14.0. The van der Waals surface area contributed by atoms with Crippen molar-refractivity contribution in [1.82, 2.24) is 29.7 Å². The van der Waals surface area contributed by atoms with Crippen molar-refractivity contribution < 1.29 is 13.2 Å². The van der Waals surface area contributed by atoms with Gasteiger partial charge in [-0.05, 0) is 19.8 Å². The molecule has 3 heterocycles. The summed E-state index contributed by atoms with van der Waals surface area (Å²) in [6, 6.07) is 0.197. The summed E-state index contributed by atoms with van der Waals surface area (Å²) in [7, 11) is -1.43. The zero-order valence-electron chi connectivity index (χ0n) is 16.4. The smallest absolute Gasteiger partial charge is 0.214 e. The van der Waals surface area contributed by atoms with Crippen molar-refractivity contribution in [2.24, 2.45) is 4.99 Å². The van der Waals surface area contributed by atoms with E-state index < -0.39 is 10.0 Å². The second-order valence-corrected chi connectivity index (χ2v) is 8.86. The van der Waals surface area contributed by atoms with Gasteiger partial charge in [0.25, 0.3) is 0 Å². The Balaban J connectivity index is 0.00000280. The molecule has 0 bridgehead atoms. The van der Waals surface area contributed by atoms with Gasteiger partial charge in [-0.15, -0.1) is 24.0 Å². The first-order valence-corrected chi connectivity index (χ1v) is 11.1. The number of nitrogens with one attached hydrogen (secondary N) is 2. The van der Waals surface area contributed by atoms with E-state index in [4.69, 9.17) is 4.74 Å². The maximum atomic E-state index is 11.9. The normalized spacial score (nSPS) is 21.8. The quantitative estimate of drug-likeness (QED) is 0.291. The Morgan fingerprint density at radius 2 is 2.25 bits per heavy atom. The standard InChI is InChI=1S/C16H29N7O3S.HI/c1-3-17-16(18-7-9-22-8-4-10-27(22,24)25)19-13-5-6-15-20-14(12-26-2)21-23(15)11-13;/h13H,3-12H2,1-2H3,(H2,17,18,19);1H. The van der Waals surface area contributed by atoms with Gasteiger partial charge >= 0.3 is 0 Å². The summed E-state index contributed by atoms with van der Waals surface area (Å²) in [5.74, 6) is 2.66. The molecule has 2 N–H and O–H groups in total. The monoisotopic (exact) mass is 527 g/mol. The first-order valence-electron chi connectivity index (χ1n) is 9.46. The van der Waals surface area contributed by atoms with Crippen molar-refractivity contribution >= 4 is 40.0 Å². The van der Waals surface area contributed by atoms with Gasteiger partial charge in [0.1, 0.15) is 12.4 Å². The van der Waals surface area contributed by atoms with Gasteiger partial charge in [-0.3, -0.25) is 4.99 Å². The molecule has 10 nitrogen and oxygen atoms in total. The minimum absolute atomic E-state index is 0. The number of hydrogen-bond donors (Lipinski definition) is 2. The molecule has 1 aromatic rings. The van der Waals surface area contributed by atoms with E-state index in [1.807, 2.05) is 11.6 Å². The molecule has 2 aliphatic rings. The third-order valence-electron chi connectivity index (χ3n) is 4.68. The summed E-state index contributed by atoms with van der Waals surface area (Å²) < 4.78 is 32.3.